The molecule has 1 aromatic carbocycles. The molecule has 0 saturated carbocycles. The van der Waals surface area contributed by atoms with Crippen LogP contribution in [0, 0.1) is 0 Å². The third kappa shape index (κ3) is 4.72. The molecule has 1 amide bonds. The van der Waals surface area contributed by atoms with E-state index in [1.54, 1.807) is 16.8 Å². The molecule has 1 aliphatic heterocycles. The molecule has 1 aliphatic rings. The van der Waals surface area contributed by atoms with Crippen molar-refractivity contribution >= 4 is 38.6 Å². The zero-order chi connectivity index (χ0) is 22.9. The molecule has 0 aliphatic carbocycles. The van der Waals surface area contributed by atoms with E-state index in [2.05, 4.69) is 10.3 Å². The second-order valence-corrected chi connectivity index (χ2v) is 11.1. The average Bonchev–Trinajstić information content (AvgIpc) is 3.53. The Hall–Kier alpha value is -2.28. The summed E-state index contributed by atoms with van der Waals surface area (Å²) in [6, 6.07) is 7.09. The first-order valence-electron chi connectivity index (χ1n) is 9.61. The fourth-order valence-corrected chi connectivity index (χ4v) is 6.97. The van der Waals surface area contributed by atoms with Crippen molar-refractivity contribution in [2.45, 2.75) is 35.8 Å². The first-order chi connectivity index (χ1) is 15.2. The summed E-state index contributed by atoms with van der Waals surface area (Å²) in [7, 11) is -3.72. The zero-order valence-corrected chi connectivity index (χ0v) is 19.0. The Morgan fingerprint density at radius 3 is 2.59 bits per heavy atom. The van der Waals surface area contributed by atoms with Crippen LogP contribution in [0.1, 0.15) is 23.4 Å². The van der Waals surface area contributed by atoms with Gasteiger partial charge in [0.05, 0.1) is 17.8 Å². The van der Waals surface area contributed by atoms with E-state index in [0.717, 1.165) is 23.5 Å². The highest BCUT2D eigenvalue weighted by Crippen LogP contribution is 2.31. The SMILES string of the molecule is O=C(NCc1nc(-c2ccc(C(F)(F)F)cc2)cs1)[C@@H]1CCCN1S(=O)(=O)c1cccs1. The molecule has 0 radical (unpaired) electrons. The largest absolute Gasteiger partial charge is 0.416 e. The summed E-state index contributed by atoms with van der Waals surface area (Å²) in [5, 5.41) is 6.68. The first-order valence-corrected chi connectivity index (χ1v) is 12.8. The van der Waals surface area contributed by atoms with Crippen LogP contribution in [-0.2, 0) is 27.5 Å². The van der Waals surface area contributed by atoms with Crippen LogP contribution in [0.4, 0.5) is 13.2 Å². The number of rotatable bonds is 6. The predicted octanol–water partition coefficient (Wildman–Crippen LogP) is 4.36. The molecular formula is C20H18F3N3O3S3. The number of nitrogens with one attached hydrogen (secondary N) is 1. The number of amides is 1. The molecule has 3 aromatic rings. The van der Waals surface area contributed by atoms with E-state index in [1.165, 1.54) is 33.8 Å². The third-order valence-corrected chi connectivity index (χ3v) is 9.17. The van der Waals surface area contributed by atoms with Gasteiger partial charge in [-0.3, -0.25) is 4.79 Å². The lowest BCUT2D eigenvalue weighted by Gasteiger charge is -2.22. The minimum Gasteiger partial charge on any atom is -0.348 e. The number of carbonyl (C=O) groups is 1. The van der Waals surface area contributed by atoms with Gasteiger partial charge in [-0.1, -0.05) is 18.2 Å². The van der Waals surface area contributed by atoms with Gasteiger partial charge in [-0.05, 0) is 36.4 Å². The van der Waals surface area contributed by atoms with E-state index in [0.29, 0.717) is 29.1 Å². The lowest BCUT2D eigenvalue weighted by molar-refractivity contribution is -0.137. The number of sulfonamides is 1. The fraction of sp³-hybridized carbons (Fsp3) is 0.300. The van der Waals surface area contributed by atoms with Gasteiger partial charge in [0.15, 0.2) is 0 Å². The summed E-state index contributed by atoms with van der Waals surface area (Å²) in [5.74, 6) is -0.395. The number of hydrogen-bond donors (Lipinski definition) is 1. The van der Waals surface area contributed by atoms with E-state index in [9.17, 15) is 26.4 Å². The Morgan fingerprint density at radius 2 is 1.94 bits per heavy atom. The number of alkyl halides is 3. The Morgan fingerprint density at radius 1 is 1.19 bits per heavy atom. The minimum absolute atomic E-state index is 0.105. The topological polar surface area (TPSA) is 79.4 Å². The maximum absolute atomic E-state index is 12.8. The Balaban J connectivity index is 1.40. The molecule has 1 N–H and O–H groups in total. The average molecular weight is 502 g/mol. The summed E-state index contributed by atoms with van der Waals surface area (Å²) >= 11 is 2.38. The van der Waals surface area contributed by atoms with Crippen LogP contribution in [0.25, 0.3) is 11.3 Å². The lowest BCUT2D eigenvalue weighted by Crippen LogP contribution is -2.45. The summed E-state index contributed by atoms with van der Waals surface area (Å²) in [6.07, 6.45) is -3.37. The maximum atomic E-state index is 12.8. The molecule has 4 rings (SSSR count). The molecule has 1 saturated heterocycles. The number of nitrogens with zero attached hydrogens (tertiary/aromatic N) is 2. The highest BCUT2D eigenvalue weighted by Gasteiger charge is 2.39. The number of hydrogen-bond acceptors (Lipinski definition) is 6. The van der Waals surface area contributed by atoms with Crippen LogP contribution in [0.2, 0.25) is 0 Å². The number of thiazole rings is 1. The molecule has 6 nitrogen and oxygen atoms in total. The van der Waals surface area contributed by atoms with Gasteiger partial charge in [0.1, 0.15) is 15.3 Å². The number of benzene rings is 1. The molecule has 170 valence electrons. The van der Waals surface area contributed by atoms with Gasteiger partial charge in [0, 0.05) is 17.5 Å². The highest BCUT2D eigenvalue weighted by molar-refractivity contribution is 7.91. The Bertz CT molecular complexity index is 1190. The van der Waals surface area contributed by atoms with Crippen molar-refractivity contribution in [1.82, 2.24) is 14.6 Å². The number of carbonyl (C=O) groups excluding carboxylic acids is 1. The monoisotopic (exact) mass is 501 g/mol. The summed E-state index contributed by atoms with van der Waals surface area (Å²) < 4.78 is 65.2. The summed E-state index contributed by atoms with van der Waals surface area (Å²) in [6.45, 7) is 0.390. The zero-order valence-electron chi connectivity index (χ0n) is 16.5. The highest BCUT2D eigenvalue weighted by atomic mass is 32.2. The van der Waals surface area contributed by atoms with Crippen LogP contribution < -0.4 is 5.32 Å². The second kappa shape index (κ2) is 8.93. The van der Waals surface area contributed by atoms with Crippen molar-refractivity contribution in [3.63, 3.8) is 0 Å². The molecule has 1 atom stereocenters. The number of thiophene rings is 1. The normalized spacial score (nSPS) is 17.5. The van der Waals surface area contributed by atoms with E-state index in [4.69, 9.17) is 0 Å². The minimum atomic E-state index is -4.40. The summed E-state index contributed by atoms with van der Waals surface area (Å²) in [5.41, 5.74) is 0.314. The van der Waals surface area contributed by atoms with Gasteiger partial charge in [-0.2, -0.15) is 17.5 Å². The molecular weight excluding hydrogens is 483 g/mol. The smallest absolute Gasteiger partial charge is 0.348 e. The lowest BCUT2D eigenvalue weighted by atomic mass is 10.1. The van der Waals surface area contributed by atoms with Gasteiger partial charge in [-0.15, -0.1) is 22.7 Å². The van der Waals surface area contributed by atoms with Crippen molar-refractivity contribution in [1.29, 1.82) is 0 Å². The van der Waals surface area contributed by atoms with Crippen LogP contribution in [0.5, 0.6) is 0 Å². The molecule has 1 fully saturated rings. The summed E-state index contributed by atoms with van der Waals surface area (Å²) in [4.78, 5) is 17.1. The van der Waals surface area contributed by atoms with Crippen molar-refractivity contribution in [3.05, 3.63) is 57.7 Å². The van der Waals surface area contributed by atoms with E-state index >= 15 is 0 Å². The van der Waals surface area contributed by atoms with Gasteiger partial charge in [-0.25, -0.2) is 13.4 Å². The molecule has 0 unspecified atom stereocenters. The Labute approximate surface area is 190 Å². The van der Waals surface area contributed by atoms with Gasteiger partial charge in [0.25, 0.3) is 10.0 Å². The van der Waals surface area contributed by atoms with Gasteiger partial charge < -0.3 is 5.32 Å². The third-order valence-electron chi connectivity index (χ3n) is 5.04. The molecule has 3 heterocycles. The van der Waals surface area contributed by atoms with Crippen LogP contribution in [0.3, 0.4) is 0 Å². The van der Waals surface area contributed by atoms with Gasteiger partial charge >= 0.3 is 6.18 Å². The predicted molar refractivity (Wildman–Crippen MR) is 116 cm³/mol. The van der Waals surface area contributed by atoms with Crippen LogP contribution in [0.15, 0.2) is 51.4 Å². The Kier molecular flexibility index (Phi) is 6.39. The van der Waals surface area contributed by atoms with Crippen molar-refractivity contribution < 1.29 is 26.4 Å². The standard InChI is InChI=1S/C20H18F3N3O3S3/c21-20(22,23)14-7-5-13(6-8-14)15-12-31-17(25-15)11-24-19(27)16-3-1-9-26(16)32(28,29)18-4-2-10-30-18/h2,4-8,10,12,16H,1,3,9,11H2,(H,24,27)/t16-/m0/s1. The van der Waals surface area contributed by atoms with Crippen LogP contribution >= 0.6 is 22.7 Å². The maximum Gasteiger partial charge on any atom is 0.416 e. The van der Waals surface area contributed by atoms with Crippen molar-refractivity contribution in [2.24, 2.45) is 0 Å². The van der Waals surface area contributed by atoms with Crippen molar-refractivity contribution in [2.75, 3.05) is 6.54 Å². The van der Waals surface area contributed by atoms with E-state index in [-0.39, 0.29) is 17.3 Å². The number of halogens is 3. The van der Waals surface area contributed by atoms with Crippen LogP contribution in [-0.4, -0.2) is 36.2 Å². The molecule has 32 heavy (non-hydrogen) atoms. The first kappa shape index (κ1) is 22.9. The number of aromatic nitrogens is 1. The molecule has 0 bridgehead atoms. The quantitative estimate of drug-likeness (QED) is 0.544. The van der Waals surface area contributed by atoms with E-state index < -0.39 is 33.7 Å². The van der Waals surface area contributed by atoms with Crippen molar-refractivity contribution in [3.8, 4) is 11.3 Å². The van der Waals surface area contributed by atoms with E-state index in [1.807, 2.05) is 0 Å². The van der Waals surface area contributed by atoms with Gasteiger partial charge in [0.2, 0.25) is 5.91 Å². The fourth-order valence-electron chi connectivity index (χ4n) is 3.45. The molecule has 0 spiro atoms. The molecule has 2 aromatic heterocycles. The second-order valence-electron chi connectivity index (χ2n) is 7.13. The molecule has 12 heteroatoms.